The summed E-state index contributed by atoms with van der Waals surface area (Å²) in [5.74, 6) is 0. The van der Waals surface area contributed by atoms with Gasteiger partial charge in [0.15, 0.2) is 0 Å². The van der Waals surface area contributed by atoms with Crippen molar-refractivity contribution in [3.05, 3.63) is 0 Å². The topological polar surface area (TPSA) is 0 Å². The summed E-state index contributed by atoms with van der Waals surface area (Å²) in [4.78, 5) is 0. The van der Waals surface area contributed by atoms with Gasteiger partial charge in [0.2, 0.25) is 0 Å². The van der Waals surface area contributed by atoms with Gasteiger partial charge in [-0.3, -0.25) is 0 Å². The van der Waals surface area contributed by atoms with Crippen LogP contribution < -0.4 is 0 Å². The SMILES string of the molecule is CCCCC(CC)(CC)CCCCCC(CC)(CC)CCCC. The Morgan fingerprint density at radius 2 is 0.696 bits per heavy atom. The molecule has 140 valence electrons. The van der Waals surface area contributed by atoms with Crippen LogP contribution in [0.25, 0.3) is 0 Å². The van der Waals surface area contributed by atoms with Gasteiger partial charge in [0.25, 0.3) is 0 Å². The first-order valence-electron chi connectivity index (χ1n) is 11.1. The van der Waals surface area contributed by atoms with Crippen molar-refractivity contribution < 1.29 is 0 Å². The molecule has 0 fully saturated rings. The van der Waals surface area contributed by atoms with Gasteiger partial charge in [-0.1, -0.05) is 112 Å². The maximum atomic E-state index is 2.42. The lowest BCUT2D eigenvalue weighted by molar-refractivity contribution is 0.189. The average molecular weight is 325 g/mol. The van der Waals surface area contributed by atoms with Gasteiger partial charge in [-0.25, -0.2) is 0 Å². The van der Waals surface area contributed by atoms with Gasteiger partial charge >= 0.3 is 0 Å². The molecule has 0 saturated heterocycles. The van der Waals surface area contributed by atoms with E-state index in [1.165, 1.54) is 96.3 Å². The molecule has 0 heteroatoms. The summed E-state index contributed by atoms with van der Waals surface area (Å²) in [6, 6.07) is 0. The van der Waals surface area contributed by atoms with Gasteiger partial charge < -0.3 is 0 Å². The summed E-state index contributed by atoms with van der Waals surface area (Å²) in [5.41, 5.74) is 1.32. The largest absolute Gasteiger partial charge is 0.0654 e. The van der Waals surface area contributed by atoms with E-state index in [-0.39, 0.29) is 0 Å². The molecule has 0 atom stereocenters. The van der Waals surface area contributed by atoms with Crippen molar-refractivity contribution in [3.63, 3.8) is 0 Å². The van der Waals surface area contributed by atoms with Crippen LogP contribution in [0.3, 0.4) is 0 Å². The zero-order valence-electron chi connectivity index (χ0n) is 17.6. The first-order valence-corrected chi connectivity index (χ1v) is 11.1. The lowest BCUT2D eigenvalue weighted by Gasteiger charge is -2.33. The van der Waals surface area contributed by atoms with Crippen LogP contribution >= 0.6 is 0 Å². The number of rotatable bonds is 16. The monoisotopic (exact) mass is 324 g/mol. The van der Waals surface area contributed by atoms with Crippen molar-refractivity contribution in [2.75, 3.05) is 0 Å². The fourth-order valence-corrected chi connectivity index (χ4v) is 4.44. The van der Waals surface area contributed by atoms with Crippen LogP contribution in [-0.2, 0) is 0 Å². The molecule has 0 unspecified atom stereocenters. The minimum Gasteiger partial charge on any atom is -0.0654 e. The van der Waals surface area contributed by atoms with E-state index in [0.29, 0.717) is 10.8 Å². The van der Waals surface area contributed by atoms with E-state index in [1.54, 1.807) is 0 Å². The van der Waals surface area contributed by atoms with Gasteiger partial charge in [0.1, 0.15) is 0 Å². The van der Waals surface area contributed by atoms with Gasteiger partial charge in [-0.15, -0.1) is 0 Å². The van der Waals surface area contributed by atoms with Crippen molar-refractivity contribution in [2.45, 2.75) is 138 Å². The predicted octanol–water partition coefficient (Wildman–Crippen LogP) is 8.93. The van der Waals surface area contributed by atoms with Crippen LogP contribution in [-0.4, -0.2) is 0 Å². The van der Waals surface area contributed by atoms with E-state index in [1.807, 2.05) is 0 Å². The molecule has 0 aliphatic carbocycles. The van der Waals surface area contributed by atoms with E-state index in [2.05, 4.69) is 41.5 Å². The molecule has 0 aromatic rings. The van der Waals surface area contributed by atoms with E-state index in [4.69, 9.17) is 0 Å². The number of unbranched alkanes of at least 4 members (excludes halogenated alkanes) is 4. The lowest BCUT2D eigenvalue weighted by Crippen LogP contribution is -2.20. The summed E-state index contributed by atoms with van der Waals surface area (Å²) in [7, 11) is 0. The molecule has 0 rings (SSSR count). The maximum Gasteiger partial charge on any atom is -0.0303 e. The molecule has 0 N–H and O–H groups in total. The molecular weight excluding hydrogens is 276 g/mol. The first-order chi connectivity index (χ1) is 11.1. The minimum absolute atomic E-state index is 0.658. The fraction of sp³-hybridized carbons (Fsp3) is 1.00. The third-order valence-corrected chi connectivity index (χ3v) is 7.04. The van der Waals surface area contributed by atoms with E-state index in [0.717, 1.165) is 0 Å². The second-order valence-corrected chi connectivity index (χ2v) is 8.18. The summed E-state index contributed by atoms with van der Waals surface area (Å²) in [6.07, 6.45) is 21.3. The zero-order valence-corrected chi connectivity index (χ0v) is 17.6. The van der Waals surface area contributed by atoms with E-state index < -0.39 is 0 Å². The molecule has 0 aliphatic heterocycles. The molecule has 0 aromatic heterocycles. The Hall–Kier alpha value is 0. The quantitative estimate of drug-likeness (QED) is 0.248. The maximum absolute atomic E-state index is 2.42. The van der Waals surface area contributed by atoms with E-state index in [9.17, 15) is 0 Å². The smallest absolute Gasteiger partial charge is 0.0303 e. The van der Waals surface area contributed by atoms with Gasteiger partial charge in [-0.2, -0.15) is 0 Å². The molecule has 0 heterocycles. The molecular formula is C23H48. The third kappa shape index (κ3) is 8.59. The predicted molar refractivity (Wildman–Crippen MR) is 108 cm³/mol. The summed E-state index contributed by atoms with van der Waals surface area (Å²) in [5, 5.41) is 0. The first kappa shape index (κ1) is 23.0. The average Bonchev–Trinajstić information content (AvgIpc) is 2.60. The van der Waals surface area contributed by atoms with Crippen LogP contribution in [0, 0.1) is 10.8 Å². The van der Waals surface area contributed by atoms with Crippen molar-refractivity contribution in [1.82, 2.24) is 0 Å². The highest BCUT2D eigenvalue weighted by Crippen LogP contribution is 2.40. The summed E-state index contributed by atoms with van der Waals surface area (Å²) < 4.78 is 0. The molecule has 0 spiro atoms. The Morgan fingerprint density at radius 1 is 0.391 bits per heavy atom. The van der Waals surface area contributed by atoms with Gasteiger partial charge in [0, 0.05) is 0 Å². The van der Waals surface area contributed by atoms with E-state index >= 15 is 0 Å². The van der Waals surface area contributed by atoms with Crippen molar-refractivity contribution in [3.8, 4) is 0 Å². The van der Waals surface area contributed by atoms with Gasteiger partial charge in [0.05, 0.1) is 0 Å². The Labute approximate surface area is 149 Å². The normalized spacial score (nSPS) is 12.8. The molecule has 0 amide bonds. The fourth-order valence-electron chi connectivity index (χ4n) is 4.44. The molecule has 0 bridgehead atoms. The molecule has 0 aliphatic rings. The highest BCUT2D eigenvalue weighted by Gasteiger charge is 2.26. The zero-order chi connectivity index (χ0) is 17.6. The van der Waals surface area contributed by atoms with Crippen molar-refractivity contribution in [2.24, 2.45) is 10.8 Å². The molecule has 23 heavy (non-hydrogen) atoms. The van der Waals surface area contributed by atoms with Gasteiger partial charge in [-0.05, 0) is 36.5 Å². The Balaban J connectivity index is 4.21. The van der Waals surface area contributed by atoms with Crippen molar-refractivity contribution >= 4 is 0 Å². The Bertz CT molecular complexity index is 219. The molecule has 0 saturated carbocycles. The highest BCUT2D eigenvalue weighted by atomic mass is 14.3. The standard InChI is InChI=1S/C23H48/c1-7-13-18-22(9-3,10-4)20-16-15-17-21-23(11-5,12-6)19-14-8-2/h7-21H2,1-6H3. The molecule has 0 aromatic carbocycles. The van der Waals surface area contributed by atoms with Crippen LogP contribution in [0.2, 0.25) is 0 Å². The minimum atomic E-state index is 0.658. The highest BCUT2D eigenvalue weighted by molar-refractivity contribution is 4.78. The second kappa shape index (κ2) is 13.3. The van der Waals surface area contributed by atoms with Crippen LogP contribution in [0.5, 0.6) is 0 Å². The second-order valence-electron chi connectivity index (χ2n) is 8.18. The van der Waals surface area contributed by atoms with Crippen molar-refractivity contribution in [1.29, 1.82) is 0 Å². The Morgan fingerprint density at radius 3 is 0.957 bits per heavy atom. The summed E-state index contributed by atoms with van der Waals surface area (Å²) >= 11 is 0. The molecule has 0 radical (unpaired) electrons. The summed E-state index contributed by atoms with van der Waals surface area (Å²) in [6.45, 7) is 14.3. The van der Waals surface area contributed by atoms with Crippen LogP contribution in [0.1, 0.15) is 138 Å². The molecule has 0 nitrogen and oxygen atoms in total. The number of hydrogen-bond donors (Lipinski definition) is 0. The lowest BCUT2D eigenvalue weighted by atomic mass is 9.72. The van der Waals surface area contributed by atoms with Crippen LogP contribution in [0.4, 0.5) is 0 Å². The third-order valence-electron chi connectivity index (χ3n) is 7.04. The Kier molecular flexibility index (Phi) is 13.3. The van der Waals surface area contributed by atoms with Crippen LogP contribution in [0.15, 0.2) is 0 Å². The number of hydrogen-bond acceptors (Lipinski definition) is 0.